The zero-order valence-corrected chi connectivity index (χ0v) is 12.7. The standard InChI is InChI=1S/C12H13BrINO/c1-7(8-2-3-8)15-12(16)10-6-9(13)4-5-11(10)14/h4-8H,2-3H2,1H3,(H,15,16)/t7-/m0/s1. The number of hydrogen-bond donors (Lipinski definition) is 1. The van der Waals surface area contributed by atoms with Crippen molar-refractivity contribution >= 4 is 44.4 Å². The van der Waals surface area contributed by atoms with Crippen molar-refractivity contribution in [1.82, 2.24) is 5.32 Å². The van der Waals surface area contributed by atoms with E-state index in [4.69, 9.17) is 0 Å². The molecule has 0 heterocycles. The molecule has 4 heteroatoms. The highest BCUT2D eigenvalue weighted by atomic mass is 127. The third-order valence-electron chi connectivity index (χ3n) is 2.86. The van der Waals surface area contributed by atoms with Gasteiger partial charge in [0.05, 0.1) is 5.56 Å². The highest BCUT2D eigenvalue weighted by Crippen LogP contribution is 2.32. The second kappa shape index (κ2) is 5.04. The molecule has 86 valence electrons. The Balaban J connectivity index is 2.10. The van der Waals surface area contributed by atoms with Crippen molar-refractivity contribution in [3.05, 3.63) is 31.8 Å². The summed E-state index contributed by atoms with van der Waals surface area (Å²) < 4.78 is 1.93. The maximum atomic E-state index is 12.0. The van der Waals surface area contributed by atoms with Crippen LogP contribution in [-0.4, -0.2) is 11.9 Å². The molecule has 1 aliphatic rings. The Morgan fingerprint density at radius 2 is 2.25 bits per heavy atom. The average molecular weight is 394 g/mol. The van der Waals surface area contributed by atoms with Gasteiger partial charge < -0.3 is 5.32 Å². The summed E-state index contributed by atoms with van der Waals surface area (Å²) >= 11 is 5.58. The molecule has 0 aliphatic heterocycles. The first kappa shape index (κ1) is 12.4. The number of halogens is 2. The maximum absolute atomic E-state index is 12.0. The molecule has 0 unspecified atom stereocenters. The molecule has 1 fully saturated rings. The van der Waals surface area contributed by atoms with E-state index in [0.717, 1.165) is 13.6 Å². The van der Waals surface area contributed by atoms with E-state index in [1.807, 2.05) is 18.2 Å². The first-order valence-electron chi connectivity index (χ1n) is 5.34. The number of hydrogen-bond acceptors (Lipinski definition) is 1. The number of carbonyl (C=O) groups is 1. The molecule has 16 heavy (non-hydrogen) atoms. The monoisotopic (exact) mass is 393 g/mol. The molecule has 1 atom stereocenters. The number of carbonyl (C=O) groups excluding carboxylic acids is 1. The van der Waals surface area contributed by atoms with Crippen LogP contribution in [0, 0.1) is 9.49 Å². The molecule has 1 N–H and O–H groups in total. The summed E-state index contributed by atoms with van der Waals surface area (Å²) in [6, 6.07) is 6.06. The van der Waals surface area contributed by atoms with Gasteiger partial charge in [0.1, 0.15) is 0 Å². The smallest absolute Gasteiger partial charge is 0.252 e. The lowest BCUT2D eigenvalue weighted by atomic mass is 10.1. The molecule has 1 aromatic rings. The lowest BCUT2D eigenvalue weighted by Crippen LogP contribution is -2.34. The SMILES string of the molecule is C[C@H](NC(=O)c1cc(Br)ccc1I)C1CC1. The molecule has 2 rings (SSSR count). The Labute approximate surface area is 117 Å². The van der Waals surface area contributed by atoms with Crippen molar-refractivity contribution in [3.8, 4) is 0 Å². The fraction of sp³-hybridized carbons (Fsp3) is 0.417. The summed E-state index contributed by atoms with van der Waals surface area (Å²) in [6.07, 6.45) is 2.49. The van der Waals surface area contributed by atoms with Crippen LogP contribution in [0.25, 0.3) is 0 Å². The van der Waals surface area contributed by atoms with Gasteiger partial charge >= 0.3 is 0 Å². The van der Waals surface area contributed by atoms with Crippen LogP contribution in [0.3, 0.4) is 0 Å². The maximum Gasteiger partial charge on any atom is 0.252 e. The highest BCUT2D eigenvalue weighted by molar-refractivity contribution is 14.1. The predicted octanol–water partition coefficient (Wildman–Crippen LogP) is 3.58. The second-order valence-electron chi connectivity index (χ2n) is 4.22. The van der Waals surface area contributed by atoms with Gasteiger partial charge in [0.25, 0.3) is 5.91 Å². The van der Waals surface area contributed by atoms with E-state index in [-0.39, 0.29) is 5.91 Å². The molecule has 1 aliphatic carbocycles. The summed E-state index contributed by atoms with van der Waals surface area (Å²) in [4.78, 5) is 12.0. The minimum absolute atomic E-state index is 0.0325. The zero-order valence-electron chi connectivity index (χ0n) is 8.97. The van der Waals surface area contributed by atoms with Gasteiger partial charge in [0.2, 0.25) is 0 Å². The van der Waals surface area contributed by atoms with Gasteiger partial charge in [-0.2, -0.15) is 0 Å². The first-order chi connectivity index (χ1) is 7.58. The van der Waals surface area contributed by atoms with Crippen LogP contribution in [0.1, 0.15) is 30.1 Å². The molecular weight excluding hydrogens is 381 g/mol. The van der Waals surface area contributed by atoms with E-state index in [1.54, 1.807) is 0 Å². The molecule has 0 radical (unpaired) electrons. The highest BCUT2D eigenvalue weighted by Gasteiger charge is 2.29. The molecule has 1 amide bonds. The average Bonchev–Trinajstić information content (AvgIpc) is 3.04. The molecule has 1 saturated carbocycles. The molecular formula is C12H13BrINO. The largest absolute Gasteiger partial charge is 0.349 e. The Morgan fingerprint density at radius 3 is 2.88 bits per heavy atom. The van der Waals surface area contributed by atoms with Crippen molar-refractivity contribution in [2.45, 2.75) is 25.8 Å². The Bertz CT molecular complexity index is 417. The molecule has 0 aromatic heterocycles. The number of rotatable bonds is 3. The number of benzene rings is 1. The van der Waals surface area contributed by atoms with Crippen molar-refractivity contribution in [3.63, 3.8) is 0 Å². The fourth-order valence-corrected chi connectivity index (χ4v) is 2.61. The Morgan fingerprint density at radius 1 is 1.56 bits per heavy atom. The molecule has 1 aromatic carbocycles. The van der Waals surface area contributed by atoms with Crippen LogP contribution < -0.4 is 5.32 Å². The van der Waals surface area contributed by atoms with Crippen molar-refractivity contribution in [2.24, 2.45) is 5.92 Å². The van der Waals surface area contributed by atoms with E-state index in [9.17, 15) is 4.79 Å². The Hall–Kier alpha value is -0.100. The summed E-state index contributed by atoms with van der Waals surface area (Å²) in [5, 5.41) is 3.06. The number of nitrogens with one attached hydrogen (secondary N) is 1. The summed E-state index contributed by atoms with van der Waals surface area (Å²) in [7, 11) is 0. The first-order valence-corrected chi connectivity index (χ1v) is 7.21. The minimum atomic E-state index is 0.0325. The van der Waals surface area contributed by atoms with Crippen LogP contribution in [0.5, 0.6) is 0 Å². The van der Waals surface area contributed by atoms with Crippen LogP contribution in [0.2, 0.25) is 0 Å². The molecule has 2 nitrogen and oxygen atoms in total. The molecule has 0 saturated heterocycles. The van der Waals surface area contributed by atoms with Gasteiger partial charge in [-0.05, 0) is 66.5 Å². The molecule has 0 spiro atoms. The normalized spacial score (nSPS) is 16.9. The van der Waals surface area contributed by atoms with Crippen LogP contribution in [0.4, 0.5) is 0 Å². The van der Waals surface area contributed by atoms with E-state index in [0.29, 0.717) is 12.0 Å². The lowest BCUT2D eigenvalue weighted by molar-refractivity contribution is 0.0935. The van der Waals surface area contributed by atoms with Crippen molar-refractivity contribution in [1.29, 1.82) is 0 Å². The quantitative estimate of drug-likeness (QED) is 0.781. The van der Waals surface area contributed by atoms with Gasteiger partial charge in [0, 0.05) is 14.1 Å². The van der Waals surface area contributed by atoms with Crippen molar-refractivity contribution < 1.29 is 4.79 Å². The summed E-state index contributed by atoms with van der Waals surface area (Å²) in [5.74, 6) is 0.721. The van der Waals surface area contributed by atoms with Gasteiger partial charge in [0.15, 0.2) is 0 Å². The topological polar surface area (TPSA) is 29.1 Å². The van der Waals surface area contributed by atoms with Crippen LogP contribution in [-0.2, 0) is 0 Å². The van der Waals surface area contributed by atoms with E-state index >= 15 is 0 Å². The van der Waals surface area contributed by atoms with E-state index in [2.05, 4.69) is 50.8 Å². The van der Waals surface area contributed by atoms with E-state index < -0.39 is 0 Å². The van der Waals surface area contributed by atoms with Crippen LogP contribution >= 0.6 is 38.5 Å². The molecule has 0 bridgehead atoms. The third kappa shape index (κ3) is 2.97. The van der Waals surface area contributed by atoms with Crippen molar-refractivity contribution in [2.75, 3.05) is 0 Å². The summed E-state index contributed by atoms with van der Waals surface area (Å²) in [5.41, 5.74) is 0.752. The Kier molecular flexibility index (Phi) is 3.89. The van der Waals surface area contributed by atoms with Gasteiger partial charge in [-0.25, -0.2) is 0 Å². The minimum Gasteiger partial charge on any atom is -0.349 e. The number of amides is 1. The fourth-order valence-electron chi connectivity index (χ4n) is 1.67. The van der Waals surface area contributed by atoms with Crippen LogP contribution in [0.15, 0.2) is 22.7 Å². The van der Waals surface area contributed by atoms with Gasteiger partial charge in [-0.3, -0.25) is 4.79 Å². The lowest BCUT2D eigenvalue weighted by Gasteiger charge is -2.13. The zero-order chi connectivity index (χ0) is 11.7. The summed E-state index contributed by atoms with van der Waals surface area (Å²) in [6.45, 7) is 2.08. The second-order valence-corrected chi connectivity index (χ2v) is 6.30. The van der Waals surface area contributed by atoms with Gasteiger partial charge in [-0.15, -0.1) is 0 Å². The predicted molar refractivity (Wildman–Crippen MR) is 76.5 cm³/mol. The van der Waals surface area contributed by atoms with Gasteiger partial charge in [-0.1, -0.05) is 15.9 Å². The van der Waals surface area contributed by atoms with E-state index in [1.165, 1.54) is 12.8 Å². The third-order valence-corrected chi connectivity index (χ3v) is 4.29.